The zero-order chi connectivity index (χ0) is 23.3. The Morgan fingerprint density at radius 1 is 1.09 bits per heavy atom. The normalized spacial score (nSPS) is 17.2. The lowest BCUT2D eigenvalue weighted by Gasteiger charge is -2.23. The summed E-state index contributed by atoms with van der Waals surface area (Å²) in [6.45, 7) is 8.73. The Bertz CT molecular complexity index is 1390. The van der Waals surface area contributed by atoms with Gasteiger partial charge in [-0.3, -0.25) is 0 Å². The molecular weight excluding hydrogens is 434 g/mol. The van der Waals surface area contributed by atoms with Crippen LogP contribution < -0.4 is 4.74 Å². The van der Waals surface area contributed by atoms with Gasteiger partial charge >= 0.3 is 5.97 Å². The molecule has 0 saturated carbocycles. The van der Waals surface area contributed by atoms with Gasteiger partial charge in [-0.1, -0.05) is 54.6 Å². The van der Waals surface area contributed by atoms with Gasteiger partial charge in [0.25, 0.3) is 4.93 Å². The second-order valence-corrected chi connectivity index (χ2v) is 9.71. The van der Waals surface area contributed by atoms with Gasteiger partial charge in [0, 0.05) is 17.7 Å². The van der Waals surface area contributed by atoms with Crippen molar-refractivity contribution in [1.29, 1.82) is 0 Å². The predicted molar refractivity (Wildman–Crippen MR) is 129 cm³/mol. The largest absolute Gasteiger partial charge is 0.477 e. The highest BCUT2D eigenvalue weighted by atomic mass is 32.2. The average Bonchev–Trinajstić information content (AvgIpc) is 3.33. The molecule has 0 bridgehead atoms. The predicted octanol–water partition coefficient (Wildman–Crippen LogP) is 5.39. The fourth-order valence-electron chi connectivity index (χ4n) is 4.31. The fraction of sp³-hybridized carbons (Fsp3) is 0.269. The molecule has 3 heterocycles. The topological polar surface area (TPSA) is 77.2 Å². The first-order chi connectivity index (χ1) is 15.8. The van der Waals surface area contributed by atoms with E-state index in [-0.39, 0.29) is 0 Å². The molecular formula is C26H25N3O3S. The molecule has 2 aromatic heterocycles. The minimum Gasteiger partial charge on any atom is -0.477 e. The number of thioether (sulfide) groups is 1. The third kappa shape index (κ3) is 3.56. The van der Waals surface area contributed by atoms with Crippen molar-refractivity contribution in [3.8, 4) is 5.75 Å². The van der Waals surface area contributed by atoms with Gasteiger partial charge < -0.3 is 14.4 Å². The van der Waals surface area contributed by atoms with Crippen LogP contribution in [0.25, 0.3) is 11.2 Å². The van der Waals surface area contributed by atoms with Crippen molar-refractivity contribution in [2.24, 2.45) is 0 Å². The van der Waals surface area contributed by atoms with Gasteiger partial charge in [0.05, 0.1) is 11.4 Å². The molecule has 5 rings (SSSR count). The Hall–Kier alpha value is -3.32. The summed E-state index contributed by atoms with van der Waals surface area (Å²) in [4.78, 5) is 21.3. The van der Waals surface area contributed by atoms with Crippen molar-refractivity contribution in [3.63, 3.8) is 0 Å². The first kappa shape index (κ1) is 21.5. The number of imidazole rings is 1. The molecule has 168 valence electrons. The molecule has 0 spiro atoms. The number of nitrogens with zero attached hydrogens (tertiary/aromatic N) is 3. The van der Waals surface area contributed by atoms with Crippen LogP contribution in [0.3, 0.4) is 0 Å². The Balaban J connectivity index is 1.52. The molecule has 7 heteroatoms. The molecule has 33 heavy (non-hydrogen) atoms. The molecule has 0 aliphatic carbocycles. The van der Waals surface area contributed by atoms with Gasteiger partial charge in [-0.2, -0.15) is 0 Å². The van der Waals surface area contributed by atoms with Gasteiger partial charge in [0.2, 0.25) is 0 Å². The molecule has 0 amide bonds. The van der Waals surface area contributed by atoms with Crippen LogP contribution in [0, 0.1) is 20.8 Å². The number of carboxylic acids is 1. The number of hydrogen-bond acceptors (Lipinski definition) is 5. The smallest absolute Gasteiger partial charge is 0.364 e. The van der Waals surface area contributed by atoms with Crippen LogP contribution in [0.1, 0.15) is 40.7 Å². The minimum atomic E-state index is -1.49. The summed E-state index contributed by atoms with van der Waals surface area (Å²) in [5.41, 5.74) is 6.63. The molecule has 6 nitrogen and oxygen atoms in total. The van der Waals surface area contributed by atoms with Crippen LogP contribution in [0.5, 0.6) is 5.75 Å². The van der Waals surface area contributed by atoms with E-state index in [9.17, 15) is 9.90 Å². The number of ether oxygens (including phenoxy) is 1. The number of aryl methyl sites for hydroxylation is 4. The highest BCUT2D eigenvalue weighted by Gasteiger charge is 2.49. The molecule has 1 aliphatic heterocycles. The summed E-state index contributed by atoms with van der Waals surface area (Å²) >= 11 is 1.23. The quantitative estimate of drug-likeness (QED) is 0.431. The molecule has 4 aromatic rings. The highest BCUT2D eigenvalue weighted by Crippen LogP contribution is 2.53. The first-order valence-corrected chi connectivity index (χ1v) is 11.8. The third-order valence-corrected chi connectivity index (χ3v) is 7.31. The van der Waals surface area contributed by atoms with Crippen LogP contribution in [0.2, 0.25) is 0 Å². The molecule has 1 N–H and O–H groups in total. The van der Waals surface area contributed by atoms with Crippen molar-refractivity contribution >= 4 is 28.9 Å². The molecule has 0 fully saturated rings. The van der Waals surface area contributed by atoms with Gasteiger partial charge in [0.1, 0.15) is 17.1 Å². The summed E-state index contributed by atoms with van der Waals surface area (Å²) in [5.74, 6) is 0.552. The van der Waals surface area contributed by atoms with E-state index in [1.807, 2.05) is 56.3 Å². The first-order valence-electron chi connectivity index (χ1n) is 11.0. The van der Waals surface area contributed by atoms with Crippen LogP contribution >= 0.6 is 11.8 Å². The Labute approximate surface area is 196 Å². The third-order valence-electron chi connectivity index (χ3n) is 5.99. The Kier molecular flexibility index (Phi) is 5.16. The van der Waals surface area contributed by atoms with Crippen LogP contribution in [0.4, 0.5) is 0 Å². The maximum absolute atomic E-state index is 12.3. The number of benzene rings is 2. The van der Waals surface area contributed by atoms with Crippen molar-refractivity contribution in [2.75, 3.05) is 0 Å². The number of carbonyl (C=O) groups is 1. The number of pyridine rings is 1. The second kappa shape index (κ2) is 7.92. The van der Waals surface area contributed by atoms with Crippen molar-refractivity contribution < 1.29 is 14.6 Å². The fourth-order valence-corrected chi connectivity index (χ4v) is 5.52. The van der Waals surface area contributed by atoms with E-state index in [4.69, 9.17) is 14.7 Å². The van der Waals surface area contributed by atoms with E-state index in [1.54, 1.807) is 0 Å². The number of hydrogen-bond donors (Lipinski definition) is 1. The van der Waals surface area contributed by atoms with Gasteiger partial charge in [-0.15, -0.1) is 0 Å². The molecule has 0 radical (unpaired) electrons. The second-order valence-electron chi connectivity index (χ2n) is 8.49. The van der Waals surface area contributed by atoms with Crippen LogP contribution in [-0.4, -0.2) is 25.6 Å². The molecule has 0 saturated heterocycles. The van der Waals surface area contributed by atoms with E-state index in [2.05, 4.69) is 24.5 Å². The lowest BCUT2D eigenvalue weighted by molar-refractivity contribution is -0.147. The molecule has 1 unspecified atom stereocenters. The number of carboxylic acid groups (broad SMARTS) is 1. The molecule has 2 aromatic carbocycles. The monoisotopic (exact) mass is 459 g/mol. The SMILES string of the molecule is CCc1nc2c(C)cc(C)nc2n1Cc1ccc2c(c1)SC(C(=O)O)(c1ccc(C)cc1)O2. The maximum atomic E-state index is 12.3. The summed E-state index contributed by atoms with van der Waals surface area (Å²) in [6.07, 6.45) is 0.799. The lowest BCUT2D eigenvalue weighted by Crippen LogP contribution is -2.35. The van der Waals surface area contributed by atoms with Crippen molar-refractivity contribution in [3.05, 3.63) is 82.3 Å². The van der Waals surface area contributed by atoms with E-state index in [1.165, 1.54) is 11.8 Å². The zero-order valence-electron chi connectivity index (χ0n) is 19.0. The number of fused-ring (bicyclic) bond motifs is 2. The van der Waals surface area contributed by atoms with Crippen molar-refractivity contribution in [2.45, 2.75) is 50.5 Å². The summed E-state index contributed by atoms with van der Waals surface area (Å²) in [6, 6.07) is 15.4. The summed E-state index contributed by atoms with van der Waals surface area (Å²) in [5, 5.41) is 10.1. The van der Waals surface area contributed by atoms with Crippen molar-refractivity contribution in [1.82, 2.24) is 14.5 Å². The van der Waals surface area contributed by atoms with E-state index in [0.29, 0.717) is 17.9 Å². The molecule has 1 aliphatic rings. The average molecular weight is 460 g/mol. The Morgan fingerprint density at radius 3 is 2.55 bits per heavy atom. The van der Waals surface area contributed by atoms with Crippen LogP contribution in [0.15, 0.2) is 53.4 Å². The van der Waals surface area contributed by atoms with E-state index in [0.717, 1.165) is 50.7 Å². The minimum absolute atomic E-state index is 0.586. The van der Waals surface area contributed by atoms with Crippen LogP contribution in [-0.2, 0) is 22.7 Å². The van der Waals surface area contributed by atoms with Gasteiger partial charge in [-0.25, -0.2) is 14.8 Å². The lowest BCUT2D eigenvalue weighted by atomic mass is 10.1. The Morgan fingerprint density at radius 2 is 1.85 bits per heavy atom. The highest BCUT2D eigenvalue weighted by molar-refractivity contribution is 8.01. The standard InChI is InChI=1S/C26H25N3O3S/c1-5-22-28-23-16(3)12-17(4)27-24(23)29(22)14-18-8-11-20-21(13-18)33-26(32-20,25(30)31)19-9-6-15(2)7-10-19/h6-13H,5,14H2,1-4H3,(H,30,31). The molecule has 1 atom stereocenters. The van der Waals surface area contributed by atoms with E-state index < -0.39 is 10.9 Å². The number of rotatable bonds is 5. The number of aromatic nitrogens is 3. The van der Waals surface area contributed by atoms with Gasteiger partial charge in [0.15, 0.2) is 5.65 Å². The summed E-state index contributed by atoms with van der Waals surface area (Å²) < 4.78 is 8.21. The number of aliphatic carboxylic acids is 1. The van der Waals surface area contributed by atoms with E-state index >= 15 is 0 Å². The van der Waals surface area contributed by atoms with Gasteiger partial charge in [-0.05, 0) is 50.1 Å². The zero-order valence-corrected chi connectivity index (χ0v) is 19.9. The maximum Gasteiger partial charge on any atom is 0.364 e. The summed E-state index contributed by atoms with van der Waals surface area (Å²) in [7, 11) is 0.